The van der Waals surface area contributed by atoms with Crippen LogP contribution in [0.1, 0.15) is 56.3 Å². The summed E-state index contributed by atoms with van der Waals surface area (Å²) in [6, 6.07) is 4.26. The highest BCUT2D eigenvalue weighted by Gasteiger charge is 2.43. The number of hydrogen-bond donors (Lipinski definition) is 1. The van der Waals surface area contributed by atoms with Gasteiger partial charge in [-0.15, -0.1) is 0 Å². The summed E-state index contributed by atoms with van der Waals surface area (Å²) in [5.74, 6) is 0.558. The fourth-order valence-corrected chi connectivity index (χ4v) is 4.40. The number of aromatic nitrogens is 1. The molecule has 1 N–H and O–H groups in total. The van der Waals surface area contributed by atoms with E-state index in [9.17, 15) is 9.90 Å². The summed E-state index contributed by atoms with van der Waals surface area (Å²) in [4.78, 5) is 14.5. The number of aliphatic hydroxyl groups is 1. The quantitative estimate of drug-likeness (QED) is 0.927. The molecule has 0 bridgehead atoms. The number of carbonyl (C=O) groups excluding carboxylic acids is 1. The van der Waals surface area contributed by atoms with Crippen LogP contribution in [0.2, 0.25) is 0 Å². The summed E-state index contributed by atoms with van der Waals surface area (Å²) in [5, 5.41) is 10.7. The minimum Gasteiger partial charge on any atom is -0.389 e. The van der Waals surface area contributed by atoms with Gasteiger partial charge >= 0.3 is 0 Å². The van der Waals surface area contributed by atoms with Crippen molar-refractivity contribution in [1.29, 1.82) is 0 Å². The first-order chi connectivity index (χ1) is 11.0. The molecule has 2 fully saturated rings. The van der Waals surface area contributed by atoms with Crippen molar-refractivity contribution >= 4 is 5.91 Å². The van der Waals surface area contributed by atoms with Crippen LogP contribution < -0.4 is 0 Å². The molecule has 1 aliphatic heterocycles. The Bertz CT molecular complexity index is 546. The van der Waals surface area contributed by atoms with E-state index in [1.807, 2.05) is 4.90 Å². The predicted octanol–water partition coefficient (Wildman–Crippen LogP) is 3.04. The molecular formula is C19H30N2O2. The van der Waals surface area contributed by atoms with Crippen LogP contribution in [0.5, 0.6) is 0 Å². The lowest BCUT2D eigenvalue weighted by molar-refractivity contribution is -0.143. The molecule has 1 saturated heterocycles. The Kier molecular flexibility index (Phi) is 4.81. The number of piperidine rings is 1. The van der Waals surface area contributed by atoms with E-state index in [1.54, 1.807) is 0 Å². The summed E-state index contributed by atoms with van der Waals surface area (Å²) in [7, 11) is 0. The van der Waals surface area contributed by atoms with Gasteiger partial charge in [0.2, 0.25) is 5.91 Å². The SMILES string of the molecule is Cc1ccc(C)n1CCCC(=O)N1CC[C@@]2(O)CCCC[C@@H]2C1. The topological polar surface area (TPSA) is 45.5 Å². The molecule has 1 aliphatic carbocycles. The molecular weight excluding hydrogens is 288 g/mol. The van der Waals surface area contributed by atoms with Crippen molar-refractivity contribution in [2.24, 2.45) is 5.92 Å². The summed E-state index contributed by atoms with van der Waals surface area (Å²) in [5.41, 5.74) is 2.04. The van der Waals surface area contributed by atoms with Crippen LogP contribution >= 0.6 is 0 Å². The first-order valence-corrected chi connectivity index (χ1v) is 9.12. The molecule has 2 aliphatic rings. The molecule has 0 aromatic carbocycles. The monoisotopic (exact) mass is 318 g/mol. The van der Waals surface area contributed by atoms with Crippen molar-refractivity contribution in [3.8, 4) is 0 Å². The van der Waals surface area contributed by atoms with Gasteiger partial charge in [-0.05, 0) is 51.7 Å². The van der Waals surface area contributed by atoms with E-state index in [1.165, 1.54) is 17.8 Å². The Hall–Kier alpha value is -1.29. The number of likely N-dealkylation sites (tertiary alicyclic amines) is 1. The van der Waals surface area contributed by atoms with Crippen LogP contribution in [-0.4, -0.2) is 39.2 Å². The smallest absolute Gasteiger partial charge is 0.222 e. The van der Waals surface area contributed by atoms with Gasteiger partial charge in [-0.2, -0.15) is 0 Å². The highest BCUT2D eigenvalue weighted by atomic mass is 16.3. The maximum Gasteiger partial charge on any atom is 0.222 e. The molecule has 2 heterocycles. The minimum atomic E-state index is -0.492. The maximum absolute atomic E-state index is 12.5. The van der Waals surface area contributed by atoms with Crippen LogP contribution in [0.25, 0.3) is 0 Å². The Labute approximate surface area is 139 Å². The fourth-order valence-electron chi connectivity index (χ4n) is 4.40. The predicted molar refractivity (Wildman–Crippen MR) is 91.2 cm³/mol. The number of rotatable bonds is 4. The van der Waals surface area contributed by atoms with Gasteiger partial charge in [-0.1, -0.05) is 12.8 Å². The Morgan fingerprint density at radius 2 is 2.00 bits per heavy atom. The summed E-state index contributed by atoms with van der Waals surface area (Å²) in [6.07, 6.45) is 6.59. The molecule has 1 aromatic heterocycles. The number of fused-ring (bicyclic) bond motifs is 1. The van der Waals surface area contributed by atoms with Gasteiger partial charge in [0.15, 0.2) is 0 Å². The van der Waals surface area contributed by atoms with E-state index >= 15 is 0 Å². The van der Waals surface area contributed by atoms with Crippen LogP contribution in [0.4, 0.5) is 0 Å². The third-order valence-electron chi connectivity index (χ3n) is 5.97. The van der Waals surface area contributed by atoms with Gasteiger partial charge in [0.25, 0.3) is 0 Å². The standard InChI is InChI=1S/C19H30N2O2/c1-15-8-9-16(2)21(15)12-5-7-18(22)20-13-11-19(23)10-4-3-6-17(19)14-20/h8-9,17,23H,3-7,10-14H2,1-2H3/t17-,19+/m1/s1. The highest BCUT2D eigenvalue weighted by Crippen LogP contribution is 2.39. The largest absolute Gasteiger partial charge is 0.389 e. The van der Waals surface area contributed by atoms with Crippen LogP contribution in [0.15, 0.2) is 12.1 Å². The lowest BCUT2D eigenvalue weighted by atomic mass is 9.71. The molecule has 0 radical (unpaired) electrons. The molecule has 0 unspecified atom stereocenters. The van der Waals surface area contributed by atoms with Gasteiger partial charge in [0, 0.05) is 43.4 Å². The zero-order valence-corrected chi connectivity index (χ0v) is 14.6. The third-order valence-corrected chi connectivity index (χ3v) is 5.97. The molecule has 4 nitrogen and oxygen atoms in total. The first kappa shape index (κ1) is 16.6. The lowest BCUT2D eigenvalue weighted by Gasteiger charge is -2.47. The highest BCUT2D eigenvalue weighted by molar-refractivity contribution is 5.76. The van der Waals surface area contributed by atoms with Gasteiger partial charge in [-0.3, -0.25) is 4.79 Å². The van der Waals surface area contributed by atoms with Crippen molar-refractivity contribution in [2.45, 2.75) is 70.9 Å². The molecule has 23 heavy (non-hydrogen) atoms. The number of aryl methyl sites for hydroxylation is 2. The molecule has 1 amide bonds. The third kappa shape index (κ3) is 3.47. The first-order valence-electron chi connectivity index (χ1n) is 9.12. The van der Waals surface area contributed by atoms with E-state index < -0.39 is 5.60 Å². The summed E-state index contributed by atoms with van der Waals surface area (Å²) in [6.45, 7) is 6.63. The fraction of sp³-hybridized carbons (Fsp3) is 0.737. The molecule has 3 rings (SSSR count). The van der Waals surface area contributed by atoms with E-state index in [0.29, 0.717) is 12.3 Å². The van der Waals surface area contributed by atoms with Crippen LogP contribution in [0.3, 0.4) is 0 Å². The van der Waals surface area contributed by atoms with Gasteiger partial charge in [0.1, 0.15) is 0 Å². The van der Waals surface area contributed by atoms with Crippen molar-refractivity contribution in [3.63, 3.8) is 0 Å². The Morgan fingerprint density at radius 3 is 2.74 bits per heavy atom. The molecule has 0 spiro atoms. The van der Waals surface area contributed by atoms with E-state index in [2.05, 4.69) is 30.5 Å². The van der Waals surface area contributed by atoms with E-state index in [4.69, 9.17) is 0 Å². The van der Waals surface area contributed by atoms with Crippen LogP contribution in [0, 0.1) is 19.8 Å². The number of amides is 1. The summed E-state index contributed by atoms with van der Waals surface area (Å²) >= 11 is 0. The second-order valence-corrected chi connectivity index (χ2v) is 7.51. The van der Waals surface area contributed by atoms with Crippen molar-refractivity contribution in [2.75, 3.05) is 13.1 Å². The van der Waals surface area contributed by atoms with Crippen molar-refractivity contribution in [3.05, 3.63) is 23.5 Å². The lowest BCUT2D eigenvalue weighted by Crippen LogP contribution is -2.54. The van der Waals surface area contributed by atoms with Gasteiger partial charge in [0.05, 0.1) is 5.60 Å². The second kappa shape index (κ2) is 6.68. The van der Waals surface area contributed by atoms with Crippen molar-refractivity contribution in [1.82, 2.24) is 9.47 Å². The summed E-state index contributed by atoms with van der Waals surface area (Å²) < 4.78 is 2.28. The number of carbonyl (C=O) groups is 1. The average Bonchev–Trinajstić information content (AvgIpc) is 2.85. The van der Waals surface area contributed by atoms with E-state index in [-0.39, 0.29) is 5.91 Å². The molecule has 128 valence electrons. The molecule has 2 atom stereocenters. The molecule has 4 heteroatoms. The Morgan fingerprint density at radius 1 is 1.26 bits per heavy atom. The van der Waals surface area contributed by atoms with Gasteiger partial charge < -0.3 is 14.6 Å². The minimum absolute atomic E-state index is 0.264. The maximum atomic E-state index is 12.5. The van der Waals surface area contributed by atoms with E-state index in [0.717, 1.165) is 51.7 Å². The zero-order chi connectivity index (χ0) is 16.4. The zero-order valence-electron chi connectivity index (χ0n) is 14.6. The number of hydrogen-bond acceptors (Lipinski definition) is 2. The molecule has 1 aromatic rings. The normalized spacial score (nSPS) is 27.8. The van der Waals surface area contributed by atoms with Crippen molar-refractivity contribution < 1.29 is 9.90 Å². The van der Waals surface area contributed by atoms with Crippen LogP contribution in [-0.2, 0) is 11.3 Å². The average molecular weight is 318 g/mol. The molecule has 1 saturated carbocycles. The van der Waals surface area contributed by atoms with Gasteiger partial charge in [-0.25, -0.2) is 0 Å². The number of nitrogens with zero attached hydrogens (tertiary/aromatic N) is 2. The Balaban J connectivity index is 1.49. The second-order valence-electron chi connectivity index (χ2n) is 7.51.